The Hall–Kier alpha value is -2.16. The highest BCUT2D eigenvalue weighted by atomic mass is 16.1. The van der Waals surface area contributed by atoms with Gasteiger partial charge in [-0.25, -0.2) is 0 Å². The molecule has 0 spiro atoms. The predicted molar refractivity (Wildman–Crippen MR) is 80.4 cm³/mol. The van der Waals surface area contributed by atoms with Crippen LogP contribution in [0.15, 0.2) is 30.3 Å². The van der Waals surface area contributed by atoms with Crippen molar-refractivity contribution in [1.82, 2.24) is 10.2 Å². The van der Waals surface area contributed by atoms with Crippen LogP contribution in [0.4, 0.5) is 0 Å². The van der Waals surface area contributed by atoms with Gasteiger partial charge in [-0.2, -0.15) is 5.10 Å². The van der Waals surface area contributed by atoms with Crippen LogP contribution in [-0.2, 0) is 6.42 Å². The topological polar surface area (TPSA) is 45.8 Å². The molecule has 0 saturated carbocycles. The van der Waals surface area contributed by atoms with Crippen LogP contribution in [0.25, 0.3) is 12.2 Å². The molecule has 3 heteroatoms. The van der Waals surface area contributed by atoms with Gasteiger partial charge in [0.25, 0.3) is 0 Å². The highest BCUT2D eigenvalue weighted by Crippen LogP contribution is 2.35. The Morgan fingerprint density at radius 2 is 1.90 bits per heavy atom. The van der Waals surface area contributed by atoms with Gasteiger partial charge in [0.05, 0.1) is 11.3 Å². The monoisotopic (exact) mass is 266 g/mol. The van der Waals surface area contributed by atoms with E-state index in [1.807, 2.05) is 42.5 Å². The number of nitrogens with one attached hydrogen (secondary N) is 1. The van der Waals surface area contributed by atoms with Gasteiger partial charge in [0.15, 0.2) is 5.78 Å². The summed E-state index contributed by atoms with van der Waals surface area (Å²) in [5.74, 6) is 0.192. The molecule has 1 N–H and O–H groups in total. The summed E-state index contributed by atoms with van der Waals surface area (Å²) in [5, 5.41) is 7.32. The fourth-order valence-corrected chi connectivity index (χ4v) is 2.76. The molecule has 0 unspecified atom stereocenters. The molecule has 3 nitrogen and oxygen atoms in total. The normalized spacial score (nSPS) is 17.4. The molecule has 1 aromatic heterocycles. The first-order valence-corrected chi connectivity index (χ1v) is 6.89. The van der Waals surface area contributed by atoms with E-state index in [0.717, 1.165) is 28.9 Å². The lowest BCUT2D eigenvalue weighted by Crippen LogP contribution is -2.26. The van der Waals surface area contributed by atoms with Gasteiger partial charge in [0, 0.05) is 12.1 Å². The Balaban J connectivity index is 1.92. The highest BCUT2D eigenvalue weighted by Gasteiger charge is 2.33. The molecule has 102 valence electrons. The molecule has 1 aliphatic rings. The third-order valence-electron chi connectivity index (χ3n) is 3.68. The maximum Gasteiger partial charge on any atom is 0.167 e. The van der Waals surface area contributed by atoms with Crippen LogP contribution in [0, 0.1) is 5.41 Å². The molecule has 0 atom stereocenters. The number of benzene rings is 1. The van der Waals surface area contributed by atoms with Crippen molar-refractivity contribution in [3.63, 3.8) is 0 Å². The molecule has 1 aromatic carbocycles. The van der Waals surface area contributed by atoms with E-state index in [0.29, 0.717) is 6.42 Å². The van der Waals surface area contributed by atoms with E-state index < -0.39 is 0 Å². The molecule has 0 amide bonds. The van der Waals surface area contributed by atoms with Crippen molar-refractivity contribution in [3.05, 3.63) is 52.8 Å². The number of ketones is 1. The van der Waals surface area contributed by atoms with Crippen molar-refractivity contribution in [1.29, 1.82) is 0 Å². The van der Waals surface area contributed by atoms with Crippen molar-refractivity contribution in [2.45, 2.75) is 26.7 Å². The van der Waals surface area contributed by atoms with E-state index in [-0.39, 0.29) is 11.2 Å². The van der Waals surface area contributed by atoms with Crippen molar-refractivity contribution >= 4 is 17.9 Å². The maximum atomic E-state index is 12.3. The molecule has 1 aliphatic carbocycles. The van der Waals surface area contributed by atoms with Crippen molar-refractivity contribution in [2.75, 3.05) is 0 Å². The summed E-state index contributed by atoms with van der Waals surface area (Å²) in [6.45, 7) is 4.24. The molecular weight excluding hydrogens is 248 g/mol. The molecule has 0 radical (unpaired) electrons. The Labute approximate surface area is 118 Å². The minimum atomic E-state index is 0.0248. The second-order valence-electron chi connectivity index (χ2n) is 6.15. The molecule has 20 heavy (non-hydrogen) atoms. The van der Waals surface area contributed by atoms with Gasteiger partial charge in [0.2, 0.25) is 0 Å². The smallest absolute Gasteiger partial charge is 0.167 e. The second kappa shape index (κ2) is 4.75. The summed E-state index contributed by atoms with van der Waals surface area (Å²) in [6, 6.07) is 10.0. The number of fused-ring (bicyclic) bond motifs is 1. The summed E-state index contributed by atoms with van der Waals surface area (Å²) in [5.41, 5.74) is 3.63. The molecule has 0 saturated heterocycles. The summed E-state index contributed by atoms with van der Waals surface area (Å²) in [7, 11) is 0. The van der Waals surface area contributed by atoms with Crippen LogP contribution in [0.1, 0.15) is 47.6 Å². The number of carbonyl (C=O) groups is 1. The number of rotatable bonds is 2. The van der Waals surface area contributed by atoms with E-state index in [2.05, 4.69) is 24.0 Å². The van der Waals surface area contributed by atoms with Crippen molar-refractivity contribution < 1.29 is 4.79 Å². The first-order valence-electron chi connectivity index (χ1n) is 6.89. The zero-order valence-electron chi connectivity index (χ0n) is 11.8. The standard InChI is InChI=1S/C17H18N2O/c1-17(2)10-14-16(15(20)11-17)13(18-19-14)9-8-12-6-4-3-5-7-12/h3-9H,10-11H2,1-2H3,(H,18,19). The van der Waals surface area contributed by atoms with Gasteiger partial charge in [-0.05, 0) is 23.5 Å². The average Bonchev–Trinajstić information content (AvgIpc) is 2.79. The first kappa shape index (κ1) is 12.9. The van der Waals surface area contributed by atoms with Crippen LogP contribution in [0.2, 0.25) is 0 Å². The van der Waals surface area contributed by atoms with Gasteiger partial charge >= 0.3 is 0 Å². The second-order valence-corrected chi connectivity index (χ2v) is 6.15. The van der Waals surface area contributed by atoms with Crippen molar-refractivity contribution in [2.24, 2.45) is 5.41 Å². The van der Waals surface area contributed by atoms with E-state index in [4.69, 9.17) is 0 Å². The maximum absolute atomic E-state index is 12.3. The Bertz CT molecular complexity index is 666. The van der Waals surface area contributed by atoms with Gasteiger partial charge in [-0.15, -0.1) is 0 Å². The van der Waals surface area contributed by atoms with Crippen LogP contribution in [0.3, 0.4) is 0 Å². The predicted octanol–water partition coefficient (Wildman–Crippen LogP) is 3.74. The first-order chi connectivity index (χ1) is 9.55. The third-order valence-corrected chi connectivity index (χ3v) is 3.68. The summed E-state index contributed by atoms with van der Waals surface area (Å²) < 4.78 is 0. The Kier molecular flexibility index (Phi) is 3.05. The number of carbonyl (C=O) groups excluding carboxylic acids is 1. The molecule has 0 bridgehead atoms. The zero-order valence-corrected chi connectivity index (χ0v) is 11.8. The molecule has 2 aromatic rings. The van der Waals surface area contributed by atoms with Crippen LogP contribution in [0.5, 0.6) is 0 Å². The molecule has 0 aliphatic heterocycles. The molecule has 3 rings (SSSR count). The van der Waals surface area contributed by atoms with Crippen molar-refractivity contribution in [3.8, 4) is 0 Å². The average molecular weight is 266 g/mol. The fourth-order valence-electron chi connectivity index (χ4n) is 2.76. The van der Waals surface area contributed by atoms with Gasteiger partial charge in [0.1, 0.15) is 0 Å². The fraction of sp³-hybridized carbons (Fsp3) is 0.294. The third kappa shape index (κ3) is 2.44. The molecule has 1 heterocycles. The number of H-pyrrole nitrogens is 1. The van der Waals surface area contributed by atoms with Gasteiger partial charge in [-0.3, -0.25) is 9.89 Å². The van der Waals surface area contributed by atoms with Gasteiger partial charge in [-0.1, -0.05) is 50.3 Å². The number of Topliss-reactive ketones (excluding diaryl/α,β-unsaturated/α-hetero) is 1. The van der Waals surface area contributed by atoms with E-state index in [9.17, 15) is 4.79 Å². The largest absolute Gasteiger partial charge is 0.294 e. The number of hydrogen-bond donors (Lipinski definition) is 1. The van der Waals surface area contributed by atoms with E-state index >= 15 is 0 Å². The molecular formula is C17H18N2O. The number of aromatic nitrogens is 2. The quantitative estimate of drug-likeness (QED) is 0.900. The summed E-state index contributed by atoms with van der Waals surface area (Å²) in [6.07, 6.45) is 5.37. The SMILES string of the molecule is CC1(C)CC(=O)c2c(C=Cc3ccccc3)n[nH]c2C1. The minimum absolute atomic E-state index is 0.0248. The lowest BCUT2D eigenvalue weighted by atomic mass is 9.75. The van der Waals surface area contributed by atoms with Gasteiger partial charge < -0.3 is 0 Å². The van der Waals surface area contributed by atoms with Crippen LogP contribution >= 0.6 is 0 Å². The minimum Gasteiger partial charge on any atom is -0.294 e. The summed E-state index contributed by atoms with van der Waals surface area (Å²) >= 11 is 0. The number of nitrogens with zero attached hydrogens (tertiary/aromatic N) is 1. The lowest BCUT2D eigenvalue weighted by molar-refractivity contribution is 0.0911. The zero-order chi connectivity index (χ0) is 14.2. The lowest BCUT2D eigenvalue weighted by Gasteiger charge is -2.27. The van der Waals surface area contributed by atoms with Crippen LogP contribution in [-0.4, -0.2) is 16.0 Å². The summed E-state index contributed by atoms with van der Waals surface area (Å²) in [4.78, 5) is 12.3. The number of hydrogen-bond acceptors (Lipinski definition) is 2. The highest BCUT2D eigenvalue weighted by molar-refractivity contribution is 6.02. The number of aromatic amines is 1. The molecule has 0 fully saturated rings. The van der Waals surface area contributed by atoms with Crippen LogP contribution < -0.4 is 0 Å². The van der Waals surface area contributed by atoms with E-state index in [1.165, 1.54) is 0 Å². The Morgan fingerprint density at radius 1 is 1.15 bits per heavy atom. The Morgan fingerprint density at radius 3 is 2.65 bits per heavy atom. The van der Waals surface area contributed by atoms with E-state index in [1.54, 1.807) is 0 Å².